The van der Waals surface area contributed by atoms with Gasteiger partial charge >= 0.3 is 0 Å². The second kappa shape index (κ2) is 8.32. The molecule has 3 N–H and O–H groups in total. The van der Waals surface area contributed by atoms with Crippen molar-refractivity contribution in [3.63, 3.8) is 0 Å². The number of para-hydroxylation sites is 1. The summed E-state index contributed by atoms with van der Waals surface area (Å²) < 4.78 is 0. The Labute approximate surface area is 129 Å². The lowest BCUT2D eigenvalue weighted by atomic mass is 10.1. The molecule has 0 saturated heterocycles. The Kier molecular flexibility index (Phi) is 6.09. The minimum atomic E-state index is -0.102. The van der Waals surface area contributed by atoms with Gasteiger partial charge in [-0.25, -0.2) is 0 Å². The van der Waals surface area contributed by atoms with Crippen LogP contribution in [0.3, 0.4) is 0 Å². The number of nitrogens with zero attached hydrogens (tertiary/aromatic N) is 1. The van der Waals surface area contributed by atoms with E-state index in [0.717, 1.165) is 18.6 Å². The molecule has 1 amide bonds. The topological polar surface area (TPSA) is 68.0 Å². The van der Waals surface area contributed by atoms with E-state index in [9.17, 15) is 4.79 Å². The minimum absolute atomic E-state index is 0.102. The average Bonchev–Trinajstić information content (AvgIpc) is 2.52. The number of aromatic nitrogens is 1. The Morgan fingerprint density at radius 3 is 2.67 bits per heavy atom. The van der Waals surface area contributed by atoms with Gasteiger partial charge in [0.25, 0.3) is 5.91 Å². The number of hydrogen-bond acceptors (Lipinski definition) is 4. The smallest absolute Gasteiger partial charge is 0.253 e. The molecule has 1 heterocycles. The van der Waals surface area contributed by atoms with Gasteiger partial charge in [0.15, 0.2) is 0 Å². The van der Waals surface area contributed by atoms with Crippen molar-refractivity contribution in [1.29, 1.82) is 0 Å². The summed E-state index contributed by atoms with van der Waals surface area (Å²) in [4.78, 5) is 17.1. The summed E-state index contributed by atoms with van der Waals surface area (Å²) in [5, 5.41) is 2.90. The quantitative estimate of drug-likeness (QED) is 0.469. The lowest BCUT2D eigenvalue weighted by molar-refractivity contribution is 0.0954. The predicted molar refractivity (Wildman–Crippen MR) is 87.4 cm³/mol. The molecule has 0 spiro atoms. The minimum Gasteiger partial charge on any atom is -0.398 e. The first kappa shape index (κ1) is 15.4. The number of unbranched alkanes of at least 4 members (excludes halogenated alkanes) is 1. The van der Waals surface area contributed by atoms with Gasteiger partial charge in [0.2, 0.25) is 0 Å². The summed E-state index contributed by atoms with van der Waals surface area (Å²) in [6.45, 7) is 0.671. The van der Waals surface area contributed by atoms with Gasteiger partial charge in [-0.15, -0.1) is 11.8 Å². The molecule has 110 valence electrons. The number of rotatable bonds is 7. The Morgan fingerprint density at radius 2 is 1.90 bits per heavy atom. The first-order valence-corrected chi connectivity index (χ1v) is 7.91. The molecule has 0 atom stereocenters. The van der Waals surface area contributed by atoms with Gasteiger partial charge in [-0.2, -0.15) is 0 Å². The van der Waals surface area contributed by atoms with Crippen molar-refractivity contribution >= 4 is 23.4 Å². The molecule has 0 radical (unpaired) electrons. The van der Waals surface area contributed by atoms with Crippen LogP contribution in [-0.2, 0) is 0 Å². The van der Waals surface area contributed by atoms with Gasteiger partial charge in [0.05, 0.1) is 5.56 Å². The van der Waals surface area contributed by atoms with Crippen LogP contribution >= 0.6 is 11.8 Å². The summed E-state index contributed by atoms with van der Waals surface area (Å²) in [6.07, 6.45) is 5.60. The van der Waals surface area contributed by atoms with E-state index >= 15 is 0 Å². The molecular formula is C16H19N3OS. The molecule has 0 unspecified atom stereocenters. The summed E-state index contributed by atoms with van der Waals surface area (Å²) in [5.74, 6) is 0.933. The largest absolute Gasteiger partial charge is 0.398 e. The summed E-state index contributed by atoms with van der Waals surface area (Å²) in [6, 6.07) is 11.1. The second-order valence-corrected chi connectivity index (χ2v) is 5.75. The molecule has 4 nitrogen and oxygen atoms in total. The van der Waals surface area contributed by atoms with Crippen LogP contribution in [0, 0.1) is 0 Å². The molecule has 0 fully saturated rings. The van der Waals surface area contributed by atoms with E-state index in [1.165, 1.54) is 4.90 Å². The molecule has 0 aliphatic carbocycles. The number of hydrogen-bond donors (Lipinski definition) is 2. The molecule has 1 aromatic carbocycles. The van der Waals surface area contributed by atoms with Crippen LogP contribution in [0.4, 0.5) is 5.69 Å². The van der Waals surface area contributed by atoms with Crippen LogP contribution in [0.5, 0.6) is 0 Å². The maximum Gasteiger partial charge on any atom is 0.253 e. The van der Waals surface area contributed by atoms with Gasteiger partial charge in [-0.3, -0.25) is 9.78 Å². The zero-order valence-electron chi connectivity index (χ0n) is 11.8. The van der Waals surface area contributed by atoms with Crippen molar-refractivity contribution in [3.05, 3.63) is 54.4 Å². The normalized spacial score (nSPS) is 10.3. The molecule has 0 saturated carbocycles. The van der Waals surface area contributed by atoms with Crippen LogP contribution in [0.2, 0.25) is 0 Å². The maximum absolute atomic E-state index is 11.9. The number of anilines is 1. The lowest BCUT2D eigenvalue weighted by Gasteiger charge is -2.07. The number of nitrogens with one attached hydrogen (secondary N) is 1. The highest BCUT2D eigenvalue weighted by molar-refractivity contribution is 7.99. The first-order chi connectivity index (χ1) is 10.3. The van der Waals surface area contributed by atoms with Crippen LogP contribution in [0.1, 0.15) is 23.2 Å². The zero-order chi connectivity index (χ0) is 14.9. The van der Waals surface area contributed by atoms with Gasteiger partial charge in [0.1, 0.15) is 0 Å². The molecule has 2 rings (SSSR count). The number of carbonyl (C=O) groups excluding carboxylic acids is 1. The van der Waals surface area contributed by atoms with Crippen molar-refractivity contribution in [2.24, 2.45) is 0 Å². The fraction of sp³-hybridized carbons (Fsp3) is 0.250. The monoisotopic (exact) mass is 301 g/mol. The number of benzene rings is 1. The highest BCUT2D eigenvalue weighted by Crippen LogP contribution is 2.17. The molecular weight excluding hydrogens is 282 g/mol. The Hall–Kier alpha value is -2.01. The van der Waals surface area contributed by atoms with Gasteiger partial charge in [-0.05, 0) is 42.9 Å². The van der Waals surface area contributed by atoms with E-state index in [4.69, 9.17) is 5.73 Å². The third-order valence-corrected chi connectivity index (χ3v) is 4.08. The molecule has 1 aromatic heterocycles. The van der Waals surface area contributed by atoms with Crippen molar-refractivity contribution in [1.82, 2.24) is 10.3 Å². The fourth-order valence-corrected chi connectivity index (χ4v) is 2.75. The third-order valence-electron chi connectivity index (χ3n) is 2.98. The SMILES string of the molecule is Nc1ccccc1C(=O)NCCCCSc1ccncc1. The van der Waals surface area contributed by atoms with Gasteiger partial charge < -0.3 is 11.1 Å². The zero-order valence-corrected chi connectivity index (χ0v) is 12.6. The van der Waals surface area contributed by atoms with E-state index in [-0.39, 0.29) is 5.91 Å². The van der Waals surface area contributed by atoms with Crippen molar-refractivity contribution in [3.8, 4) is 0 Å². The summed E-state index contributed by atoms with van der Waals surface area (Å²) in [7, 11) is 0. The fourth-order valence-electron chi connectivity index (χ4n) is 1.85. The van der Waals surface area contributed by atoms with Gasteiger partial charge in [-0.1, -0.05) is 12.1 Å². The number of amides is 1. The molecule has 21 heavy (non-hydrogen) atoms. The van der Waals surface area contributed by atoms with E-state index in [0.29, 0.717) is 17.8 Å². The molecule has 0 aliphatic heterocycles. The molecule has 2 aromatic rings. The number of carbonyl (C=O) groups is 1. The molecule has 5 heteroatoms. The van der Waals surface area contributed by atoms with Crippen LogP contribution in [0.25, 0.3) is 0 Å². The van der Waals surface area contributed by atoms with Crippen LogP contribution < -0.4 is 11.1 Å². The third kappa shape index (κ3) is 5.11. The van der Waals surface area contributed by atoms with Crippen molar-refractivity contribution in [2.45, 2.75) is 17.7 Å². The molecule has 0 aliphatic rings. The number of nitrogen functional groups attached to an aromatic ring is 1. The maximum atomic E-state index is 11.9. The Balaban J connectivity index is 1.62. The lowest BCUT2D eigenvalue weighted by Crippen LogP contribution is -2.25. The first-order valence-electron chi connectivity index (χ1n) is 6.93. The van der Waals surface area contributed by atoms with Crippen LogP contribution in [-0.4, -0.2) is 23.2 Å². The highest BCUT2D eigenvalue weighted by Gasteiger charge is 2.07. The average molecular weight is 301 g/mol. The second-order valence-electron chi connectivity index (χ2n) is 4.58. The number of pyridine rings is 1. The van der Waals surface area contributed by atoms with E-state index in [1.54, 1.807) is 36.3 Å². The van der Waals surface area contributed by atoms with E-state index < -0.39 is 0 Å². The van der Waals surface area contributed by atoms with Crippen LogP contribution in [0.15, 0.2) is 53.7 Å². The summed E-state index contributed by atoms with van der Waals surface area (Å²) in [5.41, 5.74) is 6.83. The Bertz CT molecular complexity index is 575. The summed E-state index contributed by atoms with van der Waals surface area (Å²) >= 11 is 1.81. The standard InChI is InChI=1S/C16H19N3OS/c17-15-6-2-1-5-14(15)16(20)19-9-3-4-12-21-13-7-10-18-11-8-13/h1-2,5-8,10-11H,3-4,9,12,17H2,(H,19,20). The predicted octanol–water partition coefficient (Wildman–Crippen LogP) is 2.97. The number of nitrogens with two attached hydrogens (primary N) is 1. The van der Waals surface area contributed by atoms with Crippen molar-refractivity contribution < 1.29 is 4.79 Å². The Morgan fingerprint density at radius 1 is 1.14 bits per heavy atom. The van der Waals surface area contributed by atoms with E-state index in [2.05, 4.69) is 10.3 Å². The van der Waals surface area contributed by atoms with Gasteiger partial charge in [0, 0.05) is 29.5 Å². The molecule has 0 bridgehead atoms. The number of thioether (sulfide) groups is 1. The highest BCUT2D eigenvalue weighted by atomic mass is 32.2. The van der Waals surface area contributed by atoms with E-state index in [1.807, 2.05) is 24.3 Å². The van der Waals surface area contributed by atoms with Crippen molar-refractivity contribution in [2.75, 3.05) is 18.0 Å².